The predicted molar refractivity (Wildman–Crippen MR) is 107 cm³/mol. The average Bonchev–Trinajstić information content (AvgIpc) is 2.65. The maximum atomic E-state index is 13.0. The van der Waals surface area contributed by atoms with E-state index >= 15 is 0 Å². The van der Waals surface area contributed by atoms with Crippen molar-refractivity contribution in [3.8, 4) is 0 Å². The Kier molecular flexibility index (Phi) is 5.67. The zero-order chi connectivity index (χ0) is 19.6. The molecule has 0 saturated heterocycles. The smallest absolute Gasteiger partial charge is 0.241 e. The quantitative estimate of drug-likeness (QED) is 0.852. The van der Waals surface area contributed by atoms with Gasteiger partial charge in [-0.15, -0.1) is 0 Å². The normalized spacial score (nSPS) is 15.3. The zero-order valence-electron chi connectivity index (χ0n) is 16.0. The molecule has 6 heteroatoms. The van der Waals surface area contributed by atoms with E-state index in [-0.39, 0.29) is 16.8 Å². The molecule has 0 fully saturated rings. The molecular formula is C21H26N2O3S. The van der Waals surface area contributed by atoms with Gasteiger partial charge in [-0.25, -0.2) is 13.1 Å². The lowest BCUT2D eigenvalue weighted by Gasteiger charge is -2.29. The van der Waals surface area contributed by atoms with Crippen LogP contribution >= 0.6 is 0 Å². The Balaban J connectivity index is 1.88. The van der Waals surface area contributed by atoms with Crippen LogP contribution in [0.15, 0.2) is 47.4 Å². The third-order valence-corrected chi connectivity index (χ3v) is 6.51. The minimum atomic E-state index is -3.65. The number of amides is 1. The van der Waals surface area contributed by atoms with Gasteiger partial charge < -0.3 is 4.90 Å². The Bertz CT molecular complexity index is 936. The summed E-state index contributed by atoms with van der Waals surface area (Å²) in [4.78, 5) is 13.8. The molecule has 0 aliphatic carbocycles. The van der Waals surface area contributed by atoms with Crippen LogP contribution in [-0.4, -0.2) is 20.9 Å². The number of fused-ring (bicyclic) bond motifs is 1. The molecule has 1 aliphatic rings. The number of hydrogen-bond acceptors (Lipinski definition) is 3. The number of hydrogen-bond donors (Lipinski definition) is 1. The second kappa shape index (κ2) is 7.82. The van der Waals surface area contributed by atoms with E-state index in [0.717, 1.165) is 35.2 Å². The van der Waals surface area contributed by atoms with Gasteiger partial charge in [0.15, 0.2) is 0 Å². The molecule has 2 aromatic carbocycles. The highest BCUT2D eigenvalue weighted by Gasteiger charge is 2.25. The van der Waals surface area contributed by atoms with E-state index in [1.54, 1.807) is 23.1 Å². The van der Waals surface area contributed by atoms with Crippen molar-refractivity contribution in [3.05, 3.63) is 59.2 Å². The van der Waals surface area contributed by atoms with Crippen LogP contribution in [-0.2, 0) is 21.2 Å². The highest BCUT2D eigenvalue weighted by molar-refractivity contribution is 7.89. The van der Waals surface area contributed by atoms with Crippen LogP contribution in [0.25, 0.3) is 0 Å². The van der Waals surface area contributed by atoms with Crippen LogP contribution in [0.2, 0.25) is 0 Å². The lowest BCUT2D eigenvalue weighted by molar-refractivity contribution is -0.116. The Morgan fingerprint density at radius 2 is 1.89 bits per heavy atom. The summed E-state index contributed by atoms with van der Waals surface area (Å²) in [6.07, 6.45) is 2.27. The fraction of sp³-hybridized carbons (Fsp3) is 0.381. The van der Waals surface area contributed by atoms with Gasteiger partial charge in [0.25, 0.3) is 0 Å². The van der Waals surface area contributed by atoms with Gasteiger partial charge in [0.2, 0.25) is 15.9 Å². The highest BCUT2D eigenvalue weighted by atomic mass is 32.2. The molecule has 1 unspecified atom stereocenters. The molecule has 0 saturated carbocycles. The topological polar surface area (TPSA) is 66.5 Å². The lowest BCUT2D eigenvalue weighted by atomic mass is 10.0. The van der Waals surface area contributed by atoms with Crippen molar-refractivity contribution in [1.29, 1.82) is 0 Å². The summed E-state index contributed by atoms with van der Waals surface area (Å²) in [5.41, 5.74) is 3.81. The number of carbonyl (C=O) groups excluding carboxylic acids is 1. The Labute approximate surface area is 161 Å². The molecule has 1 amide bonds. The van der Waals surface area contributed by atoms with Crippen LogP contribution in [0.1, 0.15) is 49.4 Å². The van der Waals surface area contributed by atoms with Crippen LogP contribution in [0, 0.1) is 6.92 Å². The maximum Gasteiger partial charge on any atom is 0.241 e. The number of rotatable bonds is 5. The molecule has 1 atom stereocenters. The summed E-state index contributed by atoms with van der Waals surface area (Å²) in [5, 5.41) is 0. The third-order valence-electron chi connectivity index (χ3n) is 5.05. The molecule has 0 aromatic heterocycles. The van der Waals surface area contributed by atoms with Crippen LogP contribution < -0.4 is 9.62 Å². The summed E-state index contributed by atoms with van der Waals surface area (Å²) >= 11 is 0. The summed E-state index contributed by atoms with van der Waals surface area (Å²) in [6, 6.07) is 12.7. The fourth-order valence-electron chi connectivity index (χ4n) is 3.51. The molecule has 1 N–H and O–H groups in total. The molecule has 3 rings (SSSR count). The minimum absolute atomic E-state index is 0.0184. The van der Waals surface area contributed by atoms with E-state index in [9.17, 15) is 13.2 Å². The van der Waals surface area contributed by atoms with Crippen molar-refractivity contribution >= 4 is 21.6 Å². The lowest BCUT2D eigenvalue weighted by Crippen LogP contribution is -2.34. The van der Waals surface area contributed by atoms with Gasteiger partial charge in [-0.1, -0.05) is 36.8 Å². The van der Waals surface area contributed by atoms with E-state index < -0.39 is 10.0 Å². The number of anilines is 1. The summed E-state index contributed by atoms with van der Waals surface area (Å²) in [7, 11) is -3.65. The monoisotopic (exact) mass is 386 g/mol. The van der Waals surface area contributed by atoms with Crippen molar-refractivity contribution in [3.63, 3.8) is 0 Å². The molecule has 1 heterocycles. The molecule has 27 heavy (non-hydrogen) atoms. The third kappa shape index (κ3) is 4.22. The van der Waals surface area contributed by atoms with Crippen molar-refractivity contribution < 1.29 is 13.2 Å². The molecule has 0 bridgehead atoms. The van der Waals surface area contributed by atoms with Crippen LogP contribution in [0.4, 0.5) is 5.69 Å². The van der Waals surface area contributed by atoms with E-state index in [4.69, 9.17) is 0 Å². The Morgan fingerprint density at radius 1 is 1.19 bits per heavy atom. The number of nitrogens with one attached hydrogen (secondary N) is 1. The van der Waals surface area contributed by atoms with Crippen LogP contribution in [0.5, 0.6) is 0 Å². The highest BCUT2D eigenvalue weighted by Crippen LogP contribution is 2.30. The first-order valence-electron chi connectivity index (χ1n) is 9.31. The standard InChI is InChI=1S/C21H26N2O3S/c1-4-20(17-9-7-15(2)8-10-17)22-27(25,26)19-11-12-21-18(14-19)6-5-13-23(21)16(3)24/h7-12,14,20,22H,4-6,13H2,1-3H3. The molecule has 144 valence electrons. The first kappa shape index (κ1) is 19.6. The summed E-state index contributed by atoms with van der Waals surface area (Å²) in [6.45, 7) is 6.18. The summed E-state index contributed by atoms with van der Waals surface area (Å²) in [5.74, 6) is -0.0184. The molecule has 2 aromatic rings. The second-order valence-corrected chi connectivity index (χ2v) is 8.77. The fourth-order valence-corrected chi connectivity index (χ4v) is 4.87. The number of sulfonamides is 1. The van der Waals surface area contributed by atoms with Gasteiger partial charge in [0.1, 0.15) is 0 Å². The maximum absolute atomic E-state index is 13.0. The number of carbonyl (C=O) groups is 1. The van der Waals surface area contributed by atoms with Crippen molar-refractivity contribution in [2.45, 2.75) is 51.0 Å². The van der Waals surface area contributed by atoms with Gasteiger partial charge in [-0.05, 0) is 55.5 Å². The molecule has 0 spiro atoms. The van der Waals surface area contributed by atoms with Gasteiger partial charge in [-0.3, -0.25) is 4.79 Å². The molecule has 0 radical (unpaired) electrons. The van der Waals surface area contributed by atoms with Crippen LogP contribution in [0.3, 0.4) is 0 Å². The first-order valence-corrected chi connectivity index (χ1v) is 10.8. The second-order valence-electron chi connectivity index (χ2n) is 7.06. The van der Waals surface area contributed by atoms with E-state index in [0.29, 0.717) is 13.0 Å². The average molecular weight is 387 g/mol. The Hall–Kier alpha value is -2.18. The molecular weight excluding hydrogens is 360 g/mol. The minimum Gasteiger partial charge on any atom is -0.312 e. The van der Waals surface area contributed by atoms with E-state index in [2.05, 4.69) is 4.72 Å². The number of nitrogens with zero attached hydrogens (tertiary/aromatic N) is 1. The first-order chi connectivity index (χ1) is 12.8. The van der Waals surface area contributed by atoms with Crippen molar-refractivity contribution in [1.82, 2.24) is 4.72 Å². The molecule has 1 aliphatic heterocycles. The zero-order valence-corrected chi connectivity index (χ0v) is 16.8. The SMILES string of the molecule is CCC(NS(=O)(=O)c1ccc2c(c1)CCCN2C(C)=O)c1ccc(C)cc1. The van der Waals surface area contributed by atoms with E-state index in [1.165, 1.54) is 6.92 Å². The predicted octanol–water partition coefficient (Wildman–Crippen LogP) is 3.72. The van der Waals surface area contributed by atoms with Gasteiger partial charge >= 0.3 is 0 Å². The number of benzene rings is 2. The van der Waals surface area contributed by atoms with Gasteiger partial charge in [0.05, 0.1) is 4.90 Å². The molecule has 5 nitrogen and oxygen atoms in total. The van der Waals surface area contributed by atoms with Gasteiger partial charge in [-0.2, -0.15) is 0 Å². The summed E-state index contributed by atoms with van der Waals surface area (Å²) < 4.78 is 28.7. The largest absolute Gasteiger partial charge is 0.312 e. The number of aryl methyl sites for hydroxylation is 2. The van der Waals surface area contributed by atoms with Crippen molar-refractivity contribution in [2.75, 3.05) is 11.4 Å². The van der Waals surface area contributed by atoms with E-state index in [1.807, 2.05) is 38.1 Å². The van der Waals surface area contributed by atoms with Crippen molar-refractivity contribution in [2.24, 2.45) is 0 Å². The Morgan fingerprint density at radius 3 is 2.52 bits per heavy atom. The van der Waals surface area contributed by atoms with Gasteiger partial charge in [0, 0.05) is 25.2 Å².